The van der Waals surface area contributed by atoms with E-state index in [9.17, 15) is 18.0 Å². The summed E-state index contributed by atoms with van der Waals surface area (Å²) in [6, 6.07) is -0.200. The molecule has 0 aromatic heterocycles. The van der Waals surface area contributed by atoms with E-state index in [0.717, 1.165) is 6.42 Å². The fourth-order valence-corrected chi connectivity index (χ4v) is 3.87. The molecule has 1 aliphatic heterocycles. The average molecular weight is 348 g/mol. The molecule has 0 spiro atoms. The Labute approximate surface area is 138 Å². The highest BCUT2D eigenvalue weighted by Crippen LogP contribution is 2.20. The molecule has 0 aromatic rings. The van der Waals surface area contributed by atoms with E-state index in [1.54, 1.807) is 6.92 Å². The first-order chi connectivity index (χ1) is 10.7. The number of carboxylic acid groups (broad SMARTS) is 1. The van der Waals surface area contributed by atoms with Crippen LogP contribution in [0.1, 0.15) is 46.5 Å². The van der Waals surface area contributed by atoms with Gasteiger partial charge in [-0.3, -0.25) is 9.59 Å². The largest absolute Gasteiger partial charge is 0.480 e. The average Bonchev–Trinajstić information content (AvgIpc) is 2.50. The van der Waals surface area contributed by atoms with Gasteiger partial charge in [-0.2, -0.15) is 0 Å². The van der Waals surface area contributed by atoms with Crippen LogP contribution in [0.25, 0.3) is 0 Å². The van der Waals surface area contributed by atoms with E-state index >= 15 is 0 Å². The molecule has 134 valence electrons. The Morgan fingerprint density at radius 3 is 2.26 bits per heavy atom. The third-order valence-corrected chi connectivity index (χ3v) is 6.07. The van der Waals surface area contributed by atoms with E-state index in [4.69, 9.17) is 5.11 Å². The highest BCUT2D eigenvalue weighted by atomic mass is 32.2. The van der Waals surface area contributed by atoms with Crippen LogP contribution in [0.3, 0.4) is 0 Å². The number of carboxylic acids is 1. The number of amides is 1. The number of carbonyl (C=O) groups is 2. The van der Waals surface area contributed by atoms with Gasteiger partial charge in [0.2, 0.25) is 15.9 Å². The normalized spacial score (nSPS) is 17.4. The molecular weight excluding hydrogens is 320 g/mol. The summed E-state index contributed by atoms with van der Waals surface area (Å²) in [5, 5.41) is 9.06. The van der Waals surface area contributed by atoms with Gasteiger partial charge in [-0.25, -0.2) is 12.7 Å². The van der Waals surface area contributed by atoms with Crippen molar-refractivity contribution in [3.63, 3.8) is 0 Å². The van der Waals surface area contributed by atoms with Gasteiger partial charge in [0.1, 0.15) is 6.54 Å². The molecule has 23 heavy (non-hydrogen) atoms. The smallest absolute Gasteiger partial charge is 0.323 e. The Morgan fingerprint density at radius 2 is 1.83 bits per heavy atom. The zero-order valence-electron chi connectivity index (χ0n) is 14.2. The number of rotatable bonds is 8. The summed E-state index contributed by atoms with van der Waals surface area (Å²) in [5.41, 5.74) is 0. The fourth-order valence-electron chi connectivity index (χ4n) is 2.74. The maximum absolute atomic E-state index is 12.3. The fraction of sp³-hybridized carbons (Fsp3) is 0.867. The summed E-state index contributed by atoms with van der Waals surface area (Å²) in [4.78, 5) is 24.8. The number of hydrogen-bond donors (Lipinski definition) is 1. The van der Waals surface area contributed by atoms with Crippen molar-refractivity contribution < 1.29 is 23.1 Å². The molecule has 0 saturated carbocycles. The molecule has 0 aromatic carbocycles. The van der Waals surface area contributed by atoms with Gasteiger partial charge in [0, 0.05) is 25.6 Å². The van der Waals surface area contributed by atoms with Crippen LogP contribution >= 0.6 is 0 Å². The van der Waals surface area contributed by atoms with Gasteiger partial charge in [0.05, 0.1) is 5.75 Å². The van der Waals surface area contributed by atoms with Crippen LogP contribution in [-0.4, -0.2) is 66.0 Å². The molecule has 1 fully saturated rings. The number of nitrogens with zero attached hydrogens (tertiary/aromatic N) is 2. The Morgan fingerprint density at radius 1 is 1.26 bits per heavy atom. The van der Waals surface area contributed by atoms with Crippen molar-refractivity contribution in [2.24, 2.45) is 5.92 Å². The van der Waals surface area contributed by atoms with Crippen LogP contribution in [0.2, 0.25) is 0 Å². The summed E-state index contributed by atoms with van der Waals surface area (Å²) >= 11 is 0. The summed E-state index contributed by atoms with van der Waals surface area (Å²) in [6.45, 7) is 6.00. The SMILES string of the molecule is CCS(=O)(=O)N1CCC(N(CC(=O)O)C(=O)CCC(C)C)CC1. The van der Waals surface area contributed by atoms with Crippen LogP contribution in [0.5, 0.6) is 0 Å². The Bertz CT molecular complexity index is 510. The van der Waals surface area contributed by atoms with E-state index in [1.165, 1.54) is 9.21 Å². The highest BCUT2D eigenvalue weighted by molar-refractivity contribution is 7.89. The van der Waals surface area contributed by atoms with Gasteiger partial charge < -0.3 is 10.0 Å². The molecule has 1 aliphatic rings. The highest BCUT2D eigenvalue weighted by Gasteiger charge is 2.32. The second-order valence-electron chi connectivity index (χ2n) is 6.38. The maximum atomic E-state index is 12.3. The monoisotopic (exact) mass is 348 g/mol. The lowest BCUT2D eigenvalue weighted by molar-refractivity contribution is -0.147. The van der Waals surface area contributed by atoms with E-state index in [1.807, 2.05) is 13.8 Å². The minimum Gasteiger partial charge on any atom is -0.480 e. The molecule has 1 rings (SSSR count). The third kappa shape index (κ3) is 6.10. The van der Waals surface area contributed by atoms with Crippen molar-refractivity contribution in [2.45, 2.75) is 52.5 Å². The van der Waals surface area contributed by atoms with Crippen molar-refractivity contribution in [1.82, 2.24) is 9.21 Å². The quantitative estimate of drug-likeness (QED) is 0.710. The van der Waals surface area contributed by atoms with Crippen molar-refractivity contribution in [3.8, 4) is 0 Å². The van der Waals surface area contributed by atoms with Gasteiger partial charge in [-0.15, -0.1) is 0 Å². The molecule has 0 radical (unpaired) electrons. The van der Waals surface area contributed by atoms with Crippen LogP contribution in [-0.2, 0) is 19.6 Å². The van der Waals surface area contributed by atoms with Gasteiger partial charge in [-0.05, 0) is 32.1 Å². The van der Waals surface area contributed by atoms with E-state index in [2.05, 4.69) is 0 Å². The summed E-state index contributed by atoms with van der Waals surface area (Å²) in [7, 11) is -3.22. The van der Waals surface area contributed by atoms with Crippen molar-refractivity contribution in [2.75, 3.05) is 25.4 Å². The lowest BCUT2D eigenvalue weighted by Gasteiger charge is -2.37. The second-order valence-corrected chi connectivity index (χ2v) is 8.64. The number of sulfonamides is 1. The number of carbonyl (C=O) groups excluding carboxylic acids is 1. The molecule has 1 amide bonds. The van der Waals surface area contributed by atoms with Crippen molar-refractivity contribution in [3.05, 3.63) is 0 Å². The standard InChI is InChI=1S/C15H28N2O5S/c1-4-23(21,22)16-9-7-13(8-10-16)17(11-15(19)20)14(18)6-5-12(2)3/h12-13H,4-11H2,1-3H3,(H,19,20). The molecule has 7 nitrogen and oxygen atoms in total. The van der Waals surface area contributed by atoms with E-state index in [0.29, 0.717) is 38.3 Å². The van der Waals surface area contributed by atoms with Crippen LogP contribution < -0.4 is 0 Å². The maximum Gasteiger partial charge on any atom is 0.323 e. The van der Waals surface area contributed by atoms with Gasteiger partial charge in [-0.1, -0.05) is 13.8 Å². The predicted molar refractivity (Wildman–Crippen MR) is 87.5 cm³/mol. The number of hydrogen-bond acceptors (Lipinski definition) is 4. The summed E-state index contributed by atoms with van der Waals surface area (Å²) < 4.78 is 25.2. The van der Waals surface area contributed by atoms with Crippen LogP contribution in [0.4, 0.5) is 0 Å². The predicted octanol–water partition coefficient (Wildman–Crippen LogP) is 1.15. The van der Waals surface area contributed by atoms with Crippen LogP contribution in [0, 0.1) is 5.92 Å². The number of piperidine rings is 1. The first-order valence-electron chi connectivity index (χ1n) is 8.16. The first kappa shape index (κ1) is 19.9. The molecule has 1 N–H and O–H groups in total. The minimum atomic E-state index is -3.22. The lowest BCUT2D eigenvalue weighted by Crippen LogP contribution is -2.50. The van der Waals surface area contributed by atoms with Crippen molar-refractivity contribution >= 4 is 21.9 Å². The molecule has 0 aliphatic carbocycles. The van der Waals surface area contributed by atoms with Gasteiger partial charge in [0.15, 0.2) is 0 Å². The molecule has 0 atom stereocenters. The van der Waals surface area contributed by atoms with E-state index in [-0.39, 0.29) is 24.2 Å². The number of aliphatic carboxylic acids is 1. The summed E-state index contributed by atoms with van der Waals surface area (Å²) in [6.07, 6.45) is 2.02. The van der Waals surface area contributed by atoms with E-state index < -0.39 is 16.0 Å². The van der Waals surface area contributed by atoms with Crippen LogP contribution in [0.15, 0.2) is 0 Å². The zero-order valence-corrected chi connectivity index (χ0v) is 15.0. The molecule has 0 bridgehead atoms. The zero-order chi connectivity index (χ0) is 17.6. The topological polar surface area (TPSA) is 95.0 Å². The molecule has 1 saturated heterocycles. The molecule has 0 unspecified atom stereocenters. The Hall–Kier alpha value is -1.15. The summed E-state index contributed by atoms with van der Waals surface area (Å²) in [5.74, 6) is -0.754. The first-order valence-corrected chi connectivity index (χ1v) is 9.77. The minimum absolute atomic E-state index is 0.0594. The van der Waals surface area contributed by atoms with Crippen molar-refractivity contribution in [1.29, 1.82) is 0 Å². The second kappa shape index (κ2) is 8.63. The van der Waals surface area contributed by atoms with Gasteiger partial charge in [0.25, 0.3) is 0 Å². The molecular formula is C15H28N2O5S. The lowest BCUT2D eigenvalue weighted by atomic mass is 10.0. The van der Waals surface area contributed by atoms with Gasteiger partial charge >= 0.3 is 5.97 Å². The molecule has 1 heterocycles. The third-order valence-electron chi connectivity index (χ3n) is 4.18. The molecule has 8 heteroatoms. The Kier molecular flexibility index (Phi) is 7.47. The Balaban J connectivity index is 2.70.